The van der Waals surface area contributed by atoms with Crippen LogP contribution in [0.2, 0.25) is 0 Å². The number of methoxy groups -OCH3 is 1. The van der Waals surface area contributed by atoms with E-state index in [2.05, 4.69) is 15.9 Å². The van der Waals surface area contributed by atoms with Crippen molar-refractivity contribution in [3.05, 3.63) is 33.8 Å². The van der Waals surface area contributed by atoms with Gasteiger partial charge in [0, 0.05) is 24.7 Å². The molecule has 1 saturated heterocycles. The molecule has 18 heavy (non-hydrogen) atoms. The van der Waals surface area contributed by atoms with Gasteiger partial charge in [0.2, 0.25) is 0 Å². The summed E-state index contributed by atoms with van der Waals surface area (Å²) in [4.78, 5) is 13.4. The van der Waals surface area contributed by atoms with Gasteiger partial charge in [-0.1, -0.05) is 15.9 Å². The lowest BCUT2D eigenvalue weighted by atomic mass is 10.1. The first-order valence-electron chi connectivity index (χ1n) is 5.49. The van der Waals surface area contributed by atoms with Gasteiger partial charge >= 0.3 is 0 Å². The Balaban J connectivity index is 2.25. The largest absolute Gasteiger partial charge is 0.380 e. The third-order valence-electron chi connectivity index (χ3n) is 2.99. The number of amides is 1. The van der Waals surface area contributed by atoms with Crippen LogP contribution in [0.4, 0.5) is 8.78 Å². The van der Waals surface area contributed by atoms with Crippen LogP contribution in [0.1, 0.15) is 16.8 Å². The van der Waals surface area contributed by atoms with Gasteiger partial charge in [-0.15, -0.1) is 0 Å². The van der Waals surface area contributed by atoms with Crippen molar-refractivity contribution in [2.24, 2.45) is 0 Å². The molecule has 1 amide bonds. The molecule has 0 N–H and O–H groups in total. The van der Waals surface area contributed by atoms with E-state index in [4.69, 9.17) is 4.74 Å². The van der Waals surface area contributed by atoms with Gasteiger partial charge in [-0.2, -0.15) is 0 Å². The molecule has 1 aliphatic heterocycles. The second-order valence-corrected chi connectivity index (χ2v) is 5.06. The van der Waals surface area contributed by atoms with E-state index in [0.717, 1.165) is 12.1 Å². The maximum absolute atomic E-state index is 13.6. The Morgan fingerprint density at radius 2 is 2.06 bits per heavy atom. The molecule has 0 aromatic heterocycles. The summed E-state index contributed by atoms with van der Waals surface area (Å²) in [5.41, 5.74) is -0.505. The molecular formula is C12H12BrF2NO2. The van der Waals surface area contributed by atoms with Crippen molar-refractivity contribution in [3.63, 3.8) is 0 Å². The van der Waals surface area contributed by atoms with Crippen LogP contribution < -0.4 is 0 Å². The van der Waals surface area contributed by atoms with E-state index in [-0.39, 0.29) is 10.6 Å². The zero-order chi connectivity index (χ0) is 13.3. The summed E-state index contributed by atoms with van der Waals surface area (Å²) >= 11 is 2.98. The van der Waals surface area contributed by atoms with Crippen molar-refractivity contribution in [3.8, 4) is 0 Å². The minimum Gasteiger partial charge on any atom is -0.380 e. The van der Waals surface area contributed by atoms with E-state index < -0.39 is 23.1 Å². The van der Waals surface area contributed by atoms with Gasteiger partial charge in [-0.3, -0.25) is 4.79 Å². The number of carbonyl (C=O) groups excluding carboxylic acids is 1. The van der Waals surface area contributed by atoms with Crippen LogP contribution >= 0.6 is 15.9 Å². The highest BCUT2D eigenvalue weighted by Gasteiger charge is 2.30. The van der Waals surface area contributed by atoms with E-state index in [1.54, 1.807) is 7.11 Å². The number of ether oxygens (including phenoxy) is 1. The Labute approximate surface area is 112 Å². The van der Waals surface area contributed by atoms with Crippen molar-refractivity contribution in [1.29, 1.82) is 0 Å². The lowest BCUT2D eigenvalue weighted by molar-refractivity contribution is 0.0715. The smallest absolute Gasteiger partial charge is 0.259 e. The molecule has 1 aromatic rings. The second-order valence-electron chi connectivity index (χ2n) is 4.14. The summed E-state index contributed by atoms with van der Waals surface area (Å²) < 4.78 is 32.7. The monoisotopic (exact) mass is 319 g/mol. The molecule has 0 saturated carbocycles. The number of nitrogens with zero attached hydrogens (tertiary/aromatic N) is 1. The molecular weight excluding hydrogens is 308 g/mol. The zero-order valence-corrected chi connectivity index (χ0v) is 11.3. The molecule has 1 aromatic carbocycles. The molecule has 1 heterocycles. The molecule has 1 atom stereocenters. The Kier molecular flexibility index (Phi) is 3.97. The average Bonchev–Trinajstić information content (AvgIpc) is 2.75. The van der Waals surface area contributed by atoms with Crippen LogP contribution in [0.5, 0.6) is 0 Å². The minimum atomic E-state index is -0.854. The van der Waals surface area contributed by atoms with Gasteiger partial charge in [-0.25, -0.2) is 8.78 Å². The molecule has 0 aliphatic carbocycles. The van der Waals surface area contributed by atoms with E-state index in [1.807, 2.05) is 0 Å². The van der Waals surface area contributed by atoms with E-state index in [9.17, 15) is 13.6 Å². The van der Waals surface area contributed by atoms with Crippen molar-refractivity contribution in [1.82, 2.24) is 4.90 Å². The number of hydrogen-bond acceptors (Lipinski definition) is 2. The molecule has 1 fully saturated rings. The van der Waals surface area contributed by atoms with E-state index >= 15 is 0 Å². The lowest BCUT2D eigenvalue weighted by Gasteiger charge is -2.17. The summed E-state index contributed by atoms with van der Waals surface area (Å²) in [5, 5.41) is 0. The van der Waals surface area contributed by atoms with Gasteiger partial charge in [0.25, 0.3) is 5.91 Å². The molecule has 6 heteroatoms. The molecule has 0 radical (unpaired) electrons. The Bertz CT molecular complexity index is 458. The number of likely N-dealkylation sites (tertiary alicyclic amines) is 1. The number of rotatable bonds is 2. The van der Waals surface area contributed by atoms with Crippen LogP contribution in [0.15, 0.2) is 16.6 Å². The fourth-order valence-electron chi connectivity index (χ4n) is 2.01. The third-order valence-corrected chi connectivity index (χ3v) is 3.44. The highest BCUT2D eigenvalue weighted by molar-refractivity contribution is 9.10. The number of hydrogen-bond donors (Lipinski definition) is 0. The number of carbonyl (C=O) groups is 1. The van der Waals surface area contributed by atoms with Crippen molar-refractivity contribution >= 4 is 21.8 Å². The van der Waals surface area contributed by atoms with E-state index in [0.29, 0.717) is 19.5 Å². The fourth-order valence-corrected chi connectivity index (χ4v) is 2.41. The Morgan fingerprint density at radius 1 is 1.44 bits per heavy atom. The third kappa shape index (κ3) is 2.54. The van der Waals surface area contributed by atoms with Gasteiger partial charge in [0.15, 0.2) is 0 Å². The van der Waals surface area contributed by atoms with Gasteiger partial charge in [-0.05, 0) is 18.6 Å². The van der Waals surface area contributed by atoms with Crippen LogP contribution in [0.25, 0.3) is 0 Å². The van der Waals surface area contributed by atoms with Crippen LogP contribution in [-0.2, 0) is 4.74 Å². The maximum atomic E-state index is 13.6. The first-order valence-corrected chi connectivity index (χ1v) is 6.29. The highest BCUT2D eigenvalue weighted by Crippen LogP contribution is 2.23. The van der Waals surface area contributed by atoms with Crippen molar-refractivity contribution in [2.45, 2.75) is 12.5 Å². The summed E-state index contributed by atoms with van der Waals surface area (Å²) in [6, 6.07) is 2.17. The van der Waals surface area contributed by atoms with Crippen LogP contribution in [-0.4, -0.2) is 37.1 Å². The standard InChI is InChI=1S/C12H12BrF2NO2/c1-18-8-2-3-16(6-8)12(17)11-9(14)4-7(13)5-10(11)15/h4-5,8H,2-3,6H2,1H3. The van der Waals surface area contributed by atoms with Gasteiger partial charge in [0.05, 0.1) is 6.10 Å². The van der Waals surface area contributed by atoms with Crippen molar-refractivity contribution in [2.75, 3.05) is 20.2 Å². The molecule has 0 bridgehead atoms. The molecule has 1 aliphatic rings. The van der Waals surface area contributed by atoms with Crippen molar-refractivity contribution < 1.29 is 18.3 Å². The minimum absolute atomic E-state index is 0.0597. The highest BCUT2D eigenvalue weighted by atomic mass is 79.9. The topological polar surface area (TPSA) is 29.5 Å². The molecule has 98 valence electrons. The fraction of sp³-hybridized carbons (Fsp3) is 0.417. The predicted octanol–water partition coefficient (Wildman–Crippen LogP) is 2.59. The SMILES string of the molecule is COC1CCN(C(=O)c2c(F)cc(Br)cc2F)C1. The lowest BCUT2D eigenvalue weighted by Crippen LogP contribution is -2.31. The summed E-state index contributed by atoms with van der Waals surface area (Å²) in [5.74, 6) is -2.34. The normalized spacial score (nSPS) is 19.3. The second kappa shape index (κ2) is 5.32. The predicted molar refractivity (Wildman–Crippen MR) is 65.4 cm³/mol. The summed E-state index contributed by atoms with van der Waals surface area (Å²) in [7, 11) is 1.55. The van der Waals surface area contributed by atoms with Crippen LogP contribution in [0.3, 0.4) is 0 Å². The average molecular weight is 320 g/mol. The Hall–Kier alpha value is -1.01. The Morgan fingerprint density at radius 3 is 2.56 bits per heavy atom. The molecule has 0 spiro atoms. The molecule has 1 unspecified atom stereocenters. The van der Waals surface area contributed by atoms with E-state index in [1.165, 1.54) is 4.90 Å². The maximum Gasteiger partial charge on any atom is 0.259 e. The molecule has 2 rings (SSSR count). The zero-order valence-electron chi connectivity index (χ0n) is 9.75. The van der Waals surface area contributed by atoms with Gasteiger partial charge < -0.3 is 9.64 Å². The quantitative estimate of drug-likeness (QED) is 0.838. The number of benzene rings is 1. The molecule has 3 nitrogen and oxygen atoms in total. The van der Waals surface area contributed by atoms with Crippen LogP contribution in [0, 0.1) is 11.6 Å². The first kappa shape index (κ1) is 13.4. The first-order chi connectivity index (χ1) is 8.52. The summed E-state index contributed by atoms with van der Waals surface area (Å²) in [6.45, 7) is 0.816. The van der Waals surface area contributed by atoms with Gasteiger partial charge in [0.1, 0.15) is 17.2 Å². The summed E-state index contributed by atoms with van der Waals surface area (Å²) in [6.07, 6.45) is 0.623. The number of halogens is 3.